The summed E-state index contributed by atoms with van der Waals surface area (Å²) in [5.74, 6) is 0.496. The lowest BCUT2D eigenvalue weighted by Crippen LogP contribution is -2.12. The summed E-state index contributed by atoms with van der Waals surface area (Å²) in [6.07, 6.45) is -0.544. The van der Waals surface area contributed by atoms with Gasteiger partial charge in [0, 0.05) is 11.3 Å². The molecule has 0 saturated carbocycles. The Morgan fingerprint density at radius 2 is 1.74 bits per heavy atom. The van der Waals surface area contributed by atoms with Gasteiger partial charge in [0.2, 0.25) is 6.23 Å². The first-order valence-electron chi connectivity index (χ1n) is 7.35. The van der Waals surface area contributed by atoms with Crippen LogP contribution in [-0.4, -0.2) is 20.2 Å². The van der Waals surface area contributed by atoms with E-state index in [1.165, 1.54) is 14.2 Å². The van der Waals surface area contributed by atoms with Crippen LogP contribution in [0.4, 0.5) is 5.69 Å². The quantitative estimate of drug-likeness (QED) is 0.874. The summed E-state index contributed by atoms with van der Waals surface area (Å²) in [5, 5.41) is 3.31. The fraction of sp³-hybridized carbons (Fsp3) is 0.278. The number of anilines is 1. The number of fused-ring (bicyclic) bond motifs is 1. The second kappa shape index (κ2) is 5.83. The maximum absolute atomic E-state index is 12.3. The topological polar surface area (TPSA) is 56.8 Å². The minimum Gasteiger partial charge on any atom is -0.493 e. The van der Waals surface area contributed by atoms with Crippen molar-refractivity contribution in [3.63, 3.8) is 0 Å². The molecular weight excluding hydrogens is 294 g/mol. The molecule has 5 heteroatoms. The fourth-order valence-corrected chi connectivity index (χ4v) is 2.88. The van der Waals surface area contributed by atoms with E-state index in [-0.39, 0.29) is 0 Å². The largest absolute Gasteiger partial charge is 0.493 e. The van der Waals surface area contributed by atoms with Gasteiger partial charge >= 0.3 is 5.97 Å². The Morgan fingerprint density at radius 3 is 2.35 bits per heavy atom. The van der Waals surface area contributed by atoms with Crippen LogP contribution in [0.15, 0.2) is 30.3 Å². The van der Waals surface area contributed by atoms with Gasteiger partial charge in [-0.15, -0.1) is 0 Å². The summed E-state index contributed by atoms with van der Waals surface area (Å²) >= 11 is 0. The zero-order valence-electron chi connectivity index (χ0n) is 13.6. The lowest BCUT2D eigenvalue weighted by molar-refractivity contribution is 0.0435. The monoisotopic (exact) mass is 313 g/mol. The fourth-order valence-electron chi connectivity index (χ4n) is 2.88. The van der Waals surface area contributed by atoms with E-state index in [4.69, 9.17) is 14.2 Å². The summed E-state index contributed by atoms with van der Waals surface area (Å²) in [6, 6.07) is 9.63. The highest BCUT2D eigenvalue weighted by atomic mass is 16.6. The van der Waals surface area contributed by atoms with Crippen molar-refractivity contribution in [3.05, 3.63) is 52.6 Å². The van der Waals surface area contributed by atoms with Gasteiger partial charge < -0.3 is 19.5 Å². The number of hydrogen-bond donors (Lipinski definition) is 1. The number of para-hydroxylation sites is 1. The first-order valence-corrected chi connectivity index (χ1v) is 7.35. The Hall–Kier alpha value is -2.69. The number of cyclic esters (lactones) is 1. The third kappa shape index (κ3) is 2.48. The summed E-state index contributed by atoms with van der Waals surface area (Å²) in [5.41, 5.74) is 4.31. The van der Waals surface area contributed by atoms with Crippen molar-refractivity contribution >= 4 is 11.7 Å². The van der Waals surface area contributed by atoms with Crippen molar-refractivity contribution in [2.45, 2.75) is 20.1 Å². The molecule has 23 heavy (non-hydrogen) atoms. The van der Waals surface area contributed by atoms with Crippen molar-refractivity contribution < 1.29 is 19.0 Å². The zero-order chi connectivity index (χ0) is 16.6. The summed E-state index contributed by atoms with van der Waals surface area (Å²) < 4.78 is 16.1. The highest BCUT2D eigenvalue weighted by molar-refractivity contribution is 5.98. The van der Waals surface area contributed by atoms with E-state index in [1.54, 1.807) is 6.07 Å². The molecule has 3 rings (SSSR count). The highest BCUT2D eigenvalue weighted by Gasteiger charge is 2.36. The SMILES string of the molecule is COc1ccc2c(c1OC)C(=O)O[C@@H]2Nc1c(C)cccc1C. The molecular formula is C18H19NO4. The maximum atomic E-state index is 12.3. The van der Waals surface area contributed by atoms with Gasteiger partial charge in [0.15, 0.2) is 11.5 Å². The first kappa shape index (κ1) is 15.2. The van der Waals surface area contributed by atoms with E-state index in [0.29, 0.717) is 17.1 Å². The molecule has 0 spiro atoms. The Morgan fingerprint density at radius 1 is 1.04 bits per heavy atom. The molecule has 5 nitrogen and oxygen atoms in total. The van der Waals surface area contributed by atoms with E-state index in [0.717, 1.165) is 22.4 Å². The molecule has 1 aliphatic heterocycles. The number of hydrogen-bond acceptors (Lipinski definition) is 5. The zero-order valence-corrected chi connectivity index (χ0v) is 13.6. The molecule has 0 amide bonds. The average Bonchev–Trinajstić information content (AvgIpc) is 2.86. The predicted molar refractivity (Wildman–Crippen MR) is 87.2 cm³/mol. The molecule has 2 aromatic carbocycles. The highest BCUT2D eigenvalue weighted by Crippen LogP contribution is 2.42. The Bertz CT molecular complexity index is 750. The number of carbonyl (C=O) groups is 1. The van der Waals surface area contributed by atoms with Crippen LogP contribution in [0.5, 0.6) is 11.5 Å². The summed E-state index contributed by atoms with van der Waals surface area (Å²) in [7, 11) is 3.05. The molecule has 0 unspecified atom stereocenters. The van der Waals surface area contributed by atoms with Gasteiger partial charge in [-0.25, -0.2) is 4.79 Å². The van der Waals surface area contributed by atoms with Crippen molar-refractivity contribution in [2.75, 3.05) is 19.5 Å². The number of esters is 1. The van der Waals surface area contributed by atoms with Gasteiger partial charge in [-0.05, 0) is 37.1 Å². The number of benzene rings is 2. The average molecular weight is 313 g/mol. The molecule has 1 atom stereocenters. The van der Waals surface area contributed by atoms with Gasteiger partial charge in [0.05, 0.1) is 14.2 Å². The molecule has 0 aromatic heterocycles. The van der Waals surface area contributed by atoms with Gasteiger partial charge in [-0.2, -0.15) is 0 Å². The first-order chi connectivity index (χ1) is 11.1. The number of rotatable bonds is 4. The minimum atomic E-state index is -0.544. The third-order valence-electron chi connectivity index (χ3n) is 4.05. The van der Waals surface area contributed by atoms with Crippen molar-refractivity contribution in [1.82, 2.24) is 0 Å². The van der Waals surface area contributed by atoms with E-state index in [9.17, 15) is 4.79 Å². The molecule has 0 bridgehead atoms. The number of aryl methyl sites for hydroxylation is 2. The van der Waals surface area contributed by atoms with Crippen LogP contribution < -0.4 is 14.8 Å². The number of methoxy groups -OCH3 is 2. The van der Waals surface area contributed by atoms with Gasteiger partial charge in [0.25, 0.3) is 0 Å². The molecule has 1 N–H and O–H groups in total. The molecule has 120 valence electrons. The predicted octanol–water partition coefficient (Wildman–Crippen LogP) is 3.60. The third-order valence-corrected chi connectivity index (χ3v) is 4.05. The van der Waals surface area contributed by atoms with E-state index >= 15 is 0 Å². The lowest BCUT2D eigenvalue weighted by atomic mass is 10.0. The van der Waals surface area contributed by atoms with E-state index in [1.807, 2.05) is 38.1 Å². The van der Waals surface area contributed by atoms with Gasteiger partial charge in [0.1, 0.15) is 5.56 Å². The molecule has 0 saturated heterocycles. The van der Waals surface area contributed by atoms with E-state index < -0.39 is 12.2 Å². The number of ether oxygens (including phenoxy) is 3. The summed E-state index contributed by atoms with van der Waals surface area (Å²) in [4.78, 5) is 12.3. The normalized spacial score (nSPS) is 15.8. The van der Waals surface area contributed by atoms with Gasteiger partial charge in [-0.3, -0.25) is 0 Å². The van der Waals surface area contributed by atoms with Crippen LogP contribution in [0.2, 0.25) is 0 Å². The molecule has 0 radical (unpaired) electrons. The van der Waals surface area contributed by atoms with Crippen LogP contribution in [0, 0.1) is 13.8 Å². The van der Waals surface area contributed by atoms with Crippen molar-refractivity contribution in [1.29, 1.82) is 0 Å². The van der Waals surface area contributed by atoms with Crippen LogP contribution >= 0.6 is 0 Å². The molecule has 1 aliphatic rings. The van der Waals surface area contributed by atoms with Crippen LogP contribution in [0.1, 0.15) is 33.3 Å². The Kier molecular flexibility index (Phi) is 3.86. The standard InChI is InChI=1S/C18H19NO4/c1-10-6-5-7-11(2)15(10)19-17-12-8-9-13(21-3)16(22-4)14(12)18(20)23-17/h5-9,17,19H,1-4H3/t17-/m0/s1. The molecule has 0 fully saturated rings. The van der Waals surface area contributed by atoms with Crippen molar-refractivity contribution in [3.8, 4) is 11.5 Å². The molecule has 1 heterocycles. The second-order valence-electron chi connectivity index (χ2n) is 5.46. The van der Waals surface area contributed by atoms with Crippen LogP contribution in [0.25, 0.3) is 0 Å². The van der Waals surface area contributed by atoms with Crippen LogP contribution in [0.3, 0.4) is 0 Å². The van der Waals surface area contributed by atoms with Crippen molar-refractivity contribution in [2.24, 2.45) is 0 Å². The number of nitrogens with one attached hydrogen (secondary N) is 1. The smallest absolute Gasteiger partial charge is 0.344 e. The molecule has 2 aromatic rings. The van der Waals surface area contributed by atoms with E-state index in [2.05, 4.69) is 5.32 Å². The number of carbonyl (C=O) groups excluding carboxylic acids is 1. The van der Waals surface area contributed by atoms with Gasteiger partial charge in [-0.1, -0.05) is 18.2 Å². The summed E-state index contributed by atoms with van der Waals surface area (Å²) in [6.45, 7) is 4.03. The molecule has 0 aliphatic carbocycles. The maximum Gasteiger partial charge on any atom is 0.344 e. The lowest BCUT2D eigenvalue weighted by Gasteiger charge is -2.18. The Labute approximate surface area is 135 Å². The minimum absolute atomic E-state index is 0.404. The Balaban J connectivity index is 2.02. The second-order valence-corrected chi connectivity index (χ2v) is 5.46. The van der Waals surface area contributed by atoms with Crippen LogP contribution in [-0.2, 0) is 4.74 Å².